The second kappa shape index (κ2) is 10.7. The Balaban J connectivity index is 0.00000280. The van der Waals surface area contributed by atoms with Crippen LogP contribution >= 0.6 is 12.4 Å². The van der Waals surface area contributed by atoms with Crippen molar-refractivity contribution in [2.24, 2.45) is 5.73 Å². The molecular formula is C20H25ClN4O3. The fourth-order valence-electron chi connectivity index (χ4n) is 2.86. The highest BCUT2D eigenvalue weighted by Crippen LogP contribution is 2.17. The van der Waals surface area contributed by atoms with Crippen LogP contribution in [0.2, 0.25) is 0 Å². The van der Waals surface area contributed by atoms with Gasteiger partial charge in [-0.3, -0.25) is 4.79 Å². The third-order valence-corrected chi connectivity index (χ3v) is 4.37. The summed E-state index contributed by atoms with van der Waals surface area (Å²) in [5.74, 6) is -0.295. The van der Waals surface area contributed by atoms with Crippen LogP contribution in [0.15, 0.2) is 54.6 Å². The Morgan fingerprint density at radius 1 is 1.04 bits per heavy atom. The van der Waals surface area contributed by atoms with E-state index in [1.54, 1.807) is 24.3 Å². The van der Waals surface area contributed by atoms with Crippen molar-refractivity contribution in [1.29, 1.82) is 0 Å². The molecule has 2 unspecified atom stereocenters. The van der Waals surface area contributed by atoms with Crippen molar-refractivity contribution in [1.82, 2.24) is 5.32 Å². The van der Waals surface area contributed by atoms with Crippen molar-refractivity contribution in [2.45, 2.75) is 25.0 Å². The molecule has 1 aliphatic rings. The number of hydrogen-bond donors (Lipinski definition) is 4. The topological polar surface area (TPSA) is 105 Å². The first-order chi connectivity index (χ1) is 13.1. The Bertz CT molecular complexity index is 765. The Kier molecular flexibility index (Phi) is 8.25. The van der Waals surface area contributed by atoms with Crippen molar-refractivity contribution >= 4 is 35.7 Å². The molecule has 0 bridgehead atoms. The number of halogens is 1. The minimum absolute atomic E-state index is 0. The lowest BCUT2D eigenvalue weighted by molar-refractivity contribution is -0.117. The zero-order valence-electron chi connectivity index (χ0n) is 15.4. The smallest absolute Gasteiger partial charge is 0.319 e. The first kappa shape index (κ1) is 21.7. The first-order valence-corrected chi connectivity index (χ1v) is 9.00. The van der Waals surface area contributed by atoms with E-state index in [9.17, 15) is 9.59 Å². The summed E-state index contributed by atoms with van der Waals surface area (Å²) in [6, 6.07) is 15.0. The molecule has 3 amide bonds. The summed E-state index contributed by atoms with van der Waals surface area (Å²) in [5.41, 5.74) is 7.96. The molecule has 150 valence electrons. The van der Waals surface area contributed by atoms with Gasteiger partial charge in [0.1, 0.15) is 6.04 Å². The van der Waals surface area contributed by atoms with Gasteiger partial charge in [-0.25, -0.2) is 4.79 Å². The molecule has 2 atom stereocenters. The molecule has 7 nitrogen and oxygen atoms in total. The minimum atomic E-state index is -0.743. The Morgan fingerprint density at radius 2 is 1.68 bits per heavy atom. The monoisotopic (exact) mass is 404 g/mol. The van der Waals surface area contributed by atoms with E-state index in [-0.39, 0.29) is 30.4 Å². The number of hydrogen-bond acceptors (Lipinski definition) is 4. The van der Waals surface area contributed by atoms with Gasteiger partial charge >= 0.3 is 6.03 Å². The van der Waals surface area contributed by atoms with Crippen molar-refractivity contribution < 1.29 is 14.3 Å². The van der Waals surface area contributed by atoms with Crippen LogP contribution in [0.1, 0.15) is 24.4 Å². The number of urea groups is 1. The van der Waals surface area contributed by atoms with Crippen LogP contribution in [0.25, 0.3) is 0 Å². The predicted octanol–water partition coefficient (Wildman–Crippen LogP) is 3.05. The molecule has 8 heteroatoms. The van der Waals surface area contributed by atoms with Gasteiger partial charge in [-0.1, -0.05) is 30.3 Å². The van der Waals surface area contributed by atoms with E-state index >= 15 is 0 Å². The zero-order chi connectivity index (χ0) is 19.1. The van der Waals surface area contributed by atoms with E-state index in [0.29, 0.717) is 17.9 Å². The van der Waals surface area contributed by atoms with Crippen LogP contribution in [0.5, 0.6) is 0 Å². The SMILES string of the molecule is Cl.NC(C(=O)Nc1ccc(NC(=O)NCC2CCCO2)cc1)c1ccccc1. The number of carbonyl (C=O) groups is 2. The molecule has 3 rings (SSSR count). The molecule has 1 heterocycles. The molecule has 0 aliphatic carbocycles. The number of benzene rings is 2. The van der Waals surface area contributed by atoms with E-state index in [2.05, 4.69) is 16.0 Å². The number of nitrogens with one attached hydrogen (secondary N) is 3. The fraction of sp³-hybridized carbons (Fsp3) is 0.300. The highest BCUT2D eigenvalue weighted by Gasteiger charge is 2.17. The Labute approximate surface area is 170 Å². The molecule has 0 spiro atoms. The lowest BCUT2D eigenvalue weighted by Gasteiger charge is -2.14. The normalized spacial score (nSPS) is 16.5. The molecule has 2 aromatic rings. The van der Waals surface area contributed by atoms with Gasteiger partial charge in [0.05, 0.1) is 6.10 Å². The summed E-state index contributed by atoms with van der Waals surface area (Å²) in [7, 11) is 0. The van der Waals surface area contributed by atoms with Crippen molar-refractivity contribution in [3.05, 3.63) is 60.2 Å². The summed E-state index contributed by atoms with van der Waals surface area (Å²) < 4.78 is 5.46. The molecule has 5 N–H and O–H groups in total. The third-order valence-electron chi connectivity index (χ3n) is 4.37. The van der Waals surface area contributed by atoms with Gasteiger partial charge in [0.2, 0.25) is 5.91 Å². The highest BCUT2D eigenvalue weighted by atomic mass is 35.5. The lowest BCUT2D eigenvalue weighted by atomic mass is 10.1. The third kappa shape index (κ3) is 6.23. The molecular weight excluding hydrogens is 380 g/mol. The van der Waals surface area contributed by atoms with Crippen molar-refractivity contribution in [3.8, 4) is 0 Å². The van der Waals surface area contributed by atoms with Crippen LogP contribution in [-0.2, 0) is 9.53 Å². The molecule has 1 fully saturated rings. The minimum Gasteiger partial charge on any atom is -0.376 e. The van der Waals surface area contributed by atoms with Crippen LogP contribution < -0.4 is 21.7 Å². The maximum atomic E-state index is 12.3. The van der Waals surface area contributed by atoms with Gasteiger partial charge in [0.15, 0.2) is 0 Å². The molecule has 1 aliphatic heterocycles. The quantitative estimate of drug-likeness (QED) is 0.593. The number of carbonyl (C=O) groups excluding carboxylic acids is 2. The van der Waals surface area contributed by atoms with E-state index in [0.717, 1.165) is 25.0 Å². The highest BCUT2D eigenvalue weighted by molar-refractivity contribution is 5.96. The maximum absolute atomic E-state index is 12.3. The summed E-state index contributed by atoms with van der Waals surface area (Å²) in [4.78, 5) is 24.2. The molecule has 2 aromatic carbocycles. The number of amides is 3. The zero-order valence-corrected chi connectivity index (χ0v) is 16.2. The molecule has 0 saturated carbocycles. The van der Waals surface area contributed by atoms with Gasteiger partial charge in [0.25, 0.3) is 0 Å². The fourth-order valence-corrected chi connectivity index (χ4v) is 2.86. The molecule has 1 saturated heterocycles. The summed E-state index contributed by atoms with van der Waals surface area (Å²) in [6.45, 7) is 1.26. The summed E-state index contributed by atoms with van der Waals surface area (Å²) in [5, 5.41) is 8.32. The van der Waals surface area contributed by atoms with E-state index in [1.165, 1.54) is 0 Å². The van der Waals surface area contributed by atoms with Gasteiger partial charge in [-0.15, -0.1) is 12.4 Å². The van der Waals surface area contributed by atoms with Crippen LogP contribution in [0, 0.1) is 0 Å². The van der Waals surface area contributed by atoms with Crippen LogP contribution in [-0.4, -0.2) is 31.2 Å². The average molecular weight is 405 g/mol. The Hall–Kier alpha value is -2.61. The van der Waals surface area contributed by atoms with Crippen LogP contribution in [0.3, 0.4) is 0 Å². The average Bonchev–Trinajstić information content (AvgIpc) is 3.21. The number of ether oxygens (including phenoxy) is 1. The summed E-state index contributed by atoms with van der Waals surface area (Å²) >= 11 is 0. The van der Waals surface area contributed by atoms with Gasteiger partial charge in [-0.2, -0.15) is 0 Å². The van der Waals surface area contributed by atoms with Crippen LogP contribution in [0.4, 0.5) is 16.2 Å². The van der Waals surface area contributed by atoms with E-state index < -0.39 is 6.04 Å². The van der Waals surface area contributed by atoms with Gasteiger partial charge in [-0.05, 0) is 42.7 Å². The Morgan fingerprint density at radius 3 is 2.29 bits per heavy atom. The second-order valence-electron chi connectivity index (χ2n) is 6.43. The number of nitrogens with two attached hydrogens (primary N) is 1. The number of rotatable bonds is 6. The molecule has 0 radical (unpaired) electrons. The van der Waals surface area contributed by atoms with Crippen molar-refractivity contribution in [2.75, 3.05) is 23.8 Å². The van der Waals surface area contributed by atoms with E-state index in [1.807, 2.05) is 30.3 Å². The molecule has 0 aromatic heterocycles. The molecule has 28 heavy (non-hydrogen) atoms. The standard InChI is InChI=1S/C20H24N4O3.ClH/c21-18(14-5-2-1-3-6-14)19(25)23-15-8-10-16(11-9-15)24-20(26)22-13-17-7-4-12-27-17;/h1-3,5-6,8-11,17-18H,4,7,12-13,21H2,(H,23,25)(H2,22,24,26);1H. The van der Waals surface area contributed by atoms with E-state index in [4.69, 9.17) is 10.5 Å². The van der Waals surface area contributed by atoms with Gasteiger partial charge in [0, 0.05) is 24.5 Å². The summed E-state index contributed by atoms with van der Waals surface area (Å²) in [6.07, 6.45) is 2.11. The predicted molar refractivity (Wildman–Crippen MR) is 112 cm³/mol. The maximum Gasteiger partial charge on any atom is 0.319 e. The number of anilines is 2. The van der Waals surface area contributed by atoms with Gasteiger partial charge < -0.3 is 26.4 Å². The second-order valence-corrected chi connectivity index (χ2v) is 6.43. The lowest BCUT2D eigenvalue weighted by Crippen LogP contribution is -2.35. The largest absolute Gasteiger partial charge is 0.376 e. The van der Waals surface area contributed by atoms with Crippen molar-refractivity contribution in [3.63, 3.8) is 0 Å². The first-order valence-electron chi connectivity index (χ1n) is 9.00.